The molecule has 28 heavy (non-hydrogen) atoms. The molecule has 0 saturated heterocycles. The minimum atomic E-state index is -3.67. The van der Waals surface area contributed by atoms with Crippen LogP contribution in [0.4, 0.5) is 5.13 Å². The zero-order chi connectivity index (χ0) is 20.5. The van der Waals surface area contributed by atoms with Crippen LogP contribution in [0.15, 0.2) is 46.7 Å². The minimum absolute atomic E-state index is 0.0797. The predicted molar refractivity (Wildman–Crippen MR) is 113 cm³/mol. The molecule has 6 nitrogen and oxygen atoms in total. The molecule has 0 aliphatic heterocycles. The van der Waals surface area contributed by atoms with Crippen molar-refractivity contribution in [3.05, 3.63) is 63.5 Å². The van der Waals surface area contributed by atoms with Gasteiger partial charge in [-0.1, -0.05) is 29.8 Å². The Morgan fingerprint density at radius 3 is 2.57 bits per heavy atom. The maximum atomic E-state index is 12.7. The molecule has 3 rings (SSSR count). The molecule has 1 amide bonds. The van der Waals surface area contributed by atoms with Crippen LogP contribution in [-0.4, -0.2) is 26.4 Å². The number of hydrogen-bond acceptors (Lipinski definition) is 5. The number of nitrogens with one attached hydrogen (secondary N) is 2. The zero-order valence-corrected chi connectivity index (χ0v) is 17.8. The highest BCUT2D eigenvalue weighted by molar-refractivity contribution is 7.89. The number of thiazole rings is 1. The maximum absolute atomic E-state index is 12.7. The summed E-state index contributed by atoms with van der Waals surface area (Å²) in [4.78, 5) is 17.2. The molecule has 0 fully saturated rings. The minimum Gasteiger partial charge on any atom is -0.298 e. The van der Waals surface area contributed by atoms with Gasteiger partial charge < -0.3 is 0 Å². The van der Waals surface area contributed by atoms with Crippen molar-refractivity contribution < 1.29 is 13.2 Å². The zero-order valence-electron chi connectivity index (χ0n) is 15.4. The van der Waals surface area contributed by atoms with Gasteiger partial charge in [0.2, 0.25) is 10.0 Å². The molecular formula is C19H18ClN3O3S2. The highest BCUT2D eigenvalue weighted by Gasteiger charge is 2.20. The van der Waals surface area contributed by atoms with Crippen LogP contribution in [0, 0.1) is 13.8 Å². The topological polar surface area (TPSA) is 88.2 Å². The lowest BCUT2D eigenvalue weighted by Gasteiger charge is -2.12. The van der Waals surface area contributed by atoms with Crippen LogP contribution in [0.1, 0.15) is 21.5 Å². The summed E-state index contributed by atoms with van der Waals surface area (Å²) < 4.78 is 26.8. The molecule has 0 unspecified atom stereocenters. The number of amides is 1. The molecule has 2 N–H and O–H groups in total. The molecule has 3 aromatic rings. The van der Waals surface area contributed by atoms with E-state index in [1.54, 1.807) is 31.4 Å². The Labute approximate surface area is 172 Å². The first-order valence-electron chi connectivity index (χ1n) is 8.29. The fourth-order valence-electron chi connectivity index (χ4n) is 2.64. The van der Waals surface area contributed by atoms with Crippen molar-refractivity contribution >= 4 is 44.0 Å². The molecule has 146 valence electrons. The molecule has 0 aliphatic rings. The Hall–Kier alpha value is -2.26. The van der Waals surface area contributed by atoms with Crippen molar-refractivity contribution in [3.8, 4) is 11.3 Å². The summed E-state index contributed by atoms with van der Waals surface area (Å²) in [6.07, 6.45) is 0. The van der Waals surface area contributed by atoms with Crippen LogP contribution in [0.2, 0.25) is 5.02 Å². The summed E-state index contributed by atoms with van der Waals surface area (Å²) in [5.74, 6) is -0.435. The van der Waals surface area contributed by atoms with E-state index < -0.39 is 15.9 Å². The van der Waals surface area contributed by atoms with Crippen molar-refractivity contribution in [2.75, 3.05) is 12.4 Å². The second-order valence-electron chi connectivity index (χ2n) is 6.10. The van der Waals surface area contributed by atoms with Gasteiger partial charge in [0.25, 0.3) is 5.91 Å². The van der Waals surface area contributed by atoms with Crippen LogP contribution < -0.4 is 10.0 Å². The van der Waals surface area contributed by atoms with Gasteiger partial charge in [-0.15, -0.1) is 11.3 Å². The average Bonchev–Trinajstić information content (AvgIpc) is 3.12. The fourth-order valence-corrected chi connectivity index (χ4v) is 4.64. The Balaban J connectivity index is 1.90. The normalized spacial score (nSPS) is 11.4. The first-order valence-corrected chi connectivity index (χ1v) is 11.0. The lowest BCUT2D eigenvalue weighted by atomic mass is 10.1. The van der Waals surface area contributed by atoms with Crippen LogP contribution in [-0.2, 0) is 10.0 Å². The third-order valence-electron chi connectivity index (χ3n) is 4.31. The molecule has 0 atom stereocenters. The Morgan fingerprint density at radius 2 is 1.89 bits per heavy atom. The van der Waals surface area contributed by atoms with Crippen molar-refractivity contribution in [2.45, 2.75) is 18.7 Å². The molecule has 0 radical (unpaired) electrons. The van der Waals surface area contributed by atoms with Crippen molar-refractivity contribution in [1.82, 2.24) is 9.71 Å². The summed E-state index contributed by atoms with van der Waals surface area (Å²) in [5, 5.41) is 5.49. The molecule has 1 heterocycles. The number of carbonyl (C=O) groups excluding carboxylic acids is 1. The van der Waals surface area contributed by atoms with Gasteiger partial charge in [-0.05, 0) is 50.2 Å². The van der Waals surface area contributed by atoms with E-state index in [2.05, 4.69) is 15.0 Å². The molecule has 0 bridgehead atoms. The van der Waals surface area contributed by atoms with E-state index >= 15 is 0 Å². The molecule has 1 aromatic heterocycles. The van der Waals surface area contributed by atoms with Gasteiger partial charge in [0.05, 0.1) is 10.6 Å². The molecule has 0 aliphatic carbocycles. The Bertz CT molecular complexity index is 1160. The van der Waals surface area contributed by atoms with Gasteiger partial charge in [0.1, 0.15) is 0 Å². The monoisotopic (exact) mass is 435 g/mol. The van der Waals surface area contributed by atoms with Crippen molar-refractivity contribution in [2.24, 2.45) is 0 Å². The SMILES string of the molecule is CNS(=O)(=O)c1cc(C(=O)Nc2nc(-c3ccccc3Cl)cs2)cc(C)c1C. The molecule has 2 aromatic carbocycles. The third kappa shape index (κ3) is 4.10. The summed E-state index contributed by atoms with van der Waals surface area (Å²) in [6, 6.07) is 10.3. The van der Waals surface area contributed by atoms with E-state index in [4.69, 9.17) is 11.6 Å². The summed E-state index contributed by atoms with van der Waals surface area (Å²) >= 11 is 7.46. The quantitative estimate of drug-likeness (QED) is 0.627. The van der Waals surface area contributed by atoms with Crippen molar-refractivity contribution in [1.29, 1.82) is 0 Å². The first-order chi connectivity index (χ1) is 13.2. The summed E-state index contributed by atoms with van der Waals surface area (Å²) in [7, 11) is -2.34. The highest BCUT2D eigenvalue weighted by Crippen LogP contribution is 2.30. The Kier molecular flexibility index (Phi) is 5.85. The largest absolute Gasteiger partial charge is 0.298 e. The number of nitrogens with zero attached hydrogens (tertiary/aromatic N) is 1. The average molecular weight is 436 g/mol. The number of carbonyl (C=O) groups is 1. The van der Waals surface area contributed by atoms with Gasteiger partial charge in [-0.3, -0.25) is 10.1 Å². The molecule has 9 heteroatoms. The van der Waals surface area contributed by atoms with Crippen LogP contribution in [0.5, 0.6) is 0 Å². The number of halogens is 1. The van der Waals surface area contributed by atoms with Crippen LogP contribution >= 0.6 is 22.9 Å². The van der Waals surface area contributed by atoms with E-state index in [9.17, 15) is 13.2 Å². The van der Waals surface area contributed by atoms with Gasteiger partial charge in [0, 0.05) is 21.5 Å². The Morgan fingerprint density at radius 1 is 1.18 bits per heavy atom. The lowest BCUT2D eigenvalue weighted by molar-refractivity contribution is 0.102. The number of benzene rings is 2. The smallest absolute Gasteiger partial charge is 0.257 e. The number of sulfonamides is 1. The number of anilines is 1. The number of aromatic nitrogens is 1. The predicted octanol–water partition coefficient (Wildman–Crippen LogP) is 4.24. The lowest BCUT2D eigenvalue weighted by Crippen LogP contribution is -2.21. The van der Waals surface area contributed by atoms with E-state index in [0.717, 1.165) is 5.56 Å². The van der Waals surface area contributed by atoms with E-state index in [1.165, 1.54) is 24.5 Å². The van der Waals surface area contributed by atoms with Crippen molar-refractivity contribution in [3.63, 3.8) is 0 Å². The molecular weight excluding hydrogens is 418 g/mol. The van der Waals surface area contributed by atoms with Gasteiger partial charge in [-0.25, -0.2) is 18.1 Å². The number of hydrogen-bond donors (Lipinski definition) is 2. The molecule has 0 saturated carbocycles. The number of rotatable bonds is 5. The second-order valence-corrected chi connectivity index (χ2v) is 9.22. The van der Waals surface area contributed by atoms with E-state index in [-0.39, 0.29) is 10.5 Å². The maximum Gasteiger partial charge on any atom is 0.257 e. The number of aryl methyl sites for hydroxylation is 1. The van der Waals surface area contributed by atoms with E-state index in [1.807, 2.05) is 18.2 Å². The van der Waals surface area contributed by atoms with Gasteiger partial charge in [0.15, 0.2) is 5.13 Å². The fraction of sp³-hybridized carbons (Fsp3) is 0.158. The second kappa shape index (κ2) is 8.00. The van der Waals surface area contributed by atoms with Crippen LogP contribution in [0.25, 0.3) is 11.3 Å². The van der Waals surface area contributed by atoms with Gasteiger partial charge >= 0.3 is 0 Å². The third-order valence-corrected chi connectivity index (χ3v) is 6.94. The molecule has 0 spiro atoms. The summed E-state index contributed by atoms with van der Waals surface area (Å²) in [5.41, 5.74) is 2.98. The van der Waals surface area contributed by atoms with Gasteiger partial charge in [-0.2, -0.15) is 0 Å². The standard InChI is InChI=1S/C19H18ClN3O3S2/c1-11-8-13(9-17(12(11)2)28(25,26)21-3)18(24)23-19-22-16(10-27-19)14-6-4-5-7-15(14)20/h4-10,21H,1-3H3,(H,22,23,24). The van der Waals surface area contributed by atoms with Crippen LogP contribution in [0.3, 0.4) is 0 Å². The van der Waals surface area contributed by atoms with E-state index in [0.29, 0.717) is 27.0 Å². The summed E-state index contributed by atoms with van der Waals surface area (Å²) in [6.45, 7) is 3.47. The highest BCUT2D eigenvalue weighted by atomic mass is 35.5. The first kappa shape index (κ1) is 20.5.